The molecule has 0 fully saturated rings. The topological polar surface area (TPSA) is 56.5 Å². The van der Waals surface area contributed by atoms with Crippen LogP contribution in [0.25, 0.3) is 57.3 Å². The highest BCUT2D eigenvalue weighted by Gasteiger charge is 2.17. The molecule has 0 aliphatic rings. The minimum Gasteiger partial charge on any atom is -0.296 e. The average Bonchev–Trinajstić information content (AvgIpc) is 3.34. The van der Waals surface area contributed by atoms with Crippen molar-refractivity contribution < 1.29 is 0 Å². The molecule has 0 aliphatic carbocycles. The zero-order valence-electron chi connectivity index (χ0n) is 21.9. The SMILES string of the molecule is C/C=C\c1nc(-c2cccc(-c3nc(-c4ccccc4)nc(-c4ccccc4)n3)c2)n(-c2ccccc2)c1C. The summed E-state index contributed by atoms with van der Waals surface area (Å²) in [7, 11) is 0. The van der Waals surface area contributed by atoms with Crippen molar-refractivity contribution in [3.8, 4) is 51.2 Å². The molecule has 6 rings (SSSR count). The van der Waals surface area contributed by atoms with E-state index in [1.807, 2.05) is 110 Å². The fourth-order valence-corrected chi connectivity index (χ4v) is 4.66. The Hall–Kier alpha value is -5.16. The van der Waals surface area contributed by atoms with Crippen LogP contribution in [0.4, 0.5) is 0 Å². The second kappa shape index (κ2) is 10.7. The van der Waals surface area contributed by atoms with Gasteiger partial charge in [-0.25, -0.2) is 19.9 Å². The Balaban J connectivity index is 1.52. The maximum atomic E-state index is 5.03. The van der Waals surface area contributed by atoms with Crippen molar-refractivity contribution in [1.29, 1.82) is 0 Å². The van der Waals surface area contributed by atoms with Gasteiger partial charge in [0.15, 0.2) is 17.5 Å². The van der Waals surface area contributed by atoms with Gasteiger partial charge < -0.3 is 0 Å². The van der Waals surface area contributed by atoms with Gasteiger partial charge in [0.1, 0.15) is 5.82 Å². The molecule has 0 atom stereocenters. The Morgan fingerprint density at radius 3 is 1.59 bits per heavy atom. The van der Waals surface area contributed by atoms with Gasteiger partial charge in [0.2, 0.25) is 0 Å². The molecule has 0 saturated heterocycles. The Morgan fingerprint density at radius 1 is 0.538 bits per heavy atom. The maximum absolute atomic E-state index is 5.03. The molecule has 0 spiro atoms. The van der Waals surface area contributed by atoms with E-state index in [2.05, 4.69) is 35.8 Å². The summed E-state index contributed by atoms with van der Waals surface area (Å²) < 4.78 is 2.20. The number of aromatic nitrogens is 5. The highest BCUT2D eigenvalue weighted by atomic mass is 15.1. The Morgan fingerprint density at radius 2 is 1.03 bits per heavy atom. The standard InChI is InChI=1S/C34H27N5/c1-3-14-30-24(2)39(29-21-11-6-12-22-29)34(35-30)28-20-13-19-27(23-28)33-37-31(25-15-7-4-8-16-25)36-32(38-33)26-17-9-5-10-18-26/h3-23H,1-2H3/b14-3-. The minimum atomic E-state index is 0.618. The number of hydrogen-bond donors (Lipinski definition) is 0. The van der Waals surface area contributed by atoms with Crippen molar-refractivity contribution in [3.63, 3.8) is 0 Å². The fourth-order valence-electron chi connectivity index (χ4n) is 4.66. The average molecular weight is 506 g/mol. The number of para-hydroxylation sites is 1. The van der Waals surface area contributed by atoms with Crippen LogP contribution >= 0.6 is 0 Å². The minimum absolute atomic E-state index is 0.618. The normalized spacial score (nSPS) is 11.2. The summed E-state index contributed by atoms with van der Waals surface area (Å²) in [6.07, 6.45) is 4.07. The van der Waals surface area contributed by atoms with E-state index in [-0.39, 0.29) is 0 Å². The molecular weight excluding hydrogens is 478 g/mol. The van der Waals surface area contributed by atoms with Crippen molar-refractivity contribution in [2.45, 2.75) is 13.8 Å². The van der Waals surface area contributed by atoms with Crippen LogP contribution in [-0.2, 0) is 0 Å². The second-order valence-corrected chi connectivity index (χ2v) is 9.20. The van der Waals surface area contributed by atoms with Gasteiger partial charge in [0.25, 0.3) is 0 Å². The summed E-state index contributed by atoms with van der Waals surface area (Å²) in [6, 6.07) is 38.6. The molecule has 0 aliphatic heterocycles. The quantitative estimate of drug-likeness (QED) is 0.230. The lowest BCUT2D eigenvalue weighted by Gasteiger charge is -2.12. The van der Waals surface area contributed by atoms with E-state index in [1.54, 1.807) is 0 Å². The third kappa shape index (κ3) is 4.90. The predicted molar refractivity (Wildman–Crippen MR) is 158 cm³/mol. The van der Waals surface area contributed by atoms with Gasteiger partial charge in [-0.1, -0.05) is 103 Å². The Bertz CT molecular complexity index is 1700. The van der Waals surface area contributed by atoms with Gasteiger partial charge in [-0.05, 0) is 38.1 Å². The third-order valence-electron chi connectivity index (χ3n) is 6.56. The molecule has 5 nitrogen and oxygen atoms in total. The molecule has 0 unspecified atom stereocenters. The van der Waals surface area contributed by atoms with Gasteiger partial charge in [-0.2, -0.15) is 0 Å². The number of nitrogens with zero attached hydrogens (tertiary/aromatic N) is 5. The molecule has 4 aromatic carbocycles. The Labute approximate surface area is 228 Å². The predicted octanol–water partition coefficient (Wildman–Crippen LogP) is 8.07. The monoisotopic (exact) mass is 505 g/mol. The van der Waals surface area contributed by atoms with Crippen LogP contribution in [0.2, 0.25) is 0 Å². The first-order chi connectivity index (χ1) is 19.2. The van der Waals surface area contributed by atoms with Gasteiger partial charge >= 0.3 is 0 Å². The van der Waals surface area contributed by atoms with Crippen molar-refractivity contribution in [2.75, 3.05) is 0 Å². The van der Waals surface area contributed by atoms with Crippen LogP contribution in [0, 0.1) is 6.92 Å². The molecule has 0 saturated carbocycles. The molecule has 0 amide bonds. The highest BCUT2D eigenvalue weighted by Crippen LogP contribution is 2.31. The summed E-state index contributed by atoms with van der Waals surface area (Å²) in [6.45, 7) is 4.11. The lowest BCUT2D eigenvalue weighted by Crippen LogP contribution is -2.01. The van der Waals surface area contributed by atoms with Gasteiger partial charge in [-0.15, -0.1) is 0 Å². The zero-order chi connectivity index (χ0) is 26.6. The van der Waals surface area contributed by atoms with E-state index in [0.717, 1.165) is 45.2 Å². The number of allylic oxidation sites excluding steroid dienone is 1. The number of imidazole rings is 1. The van der Waals surface area contributed by atoms with E-state index in [4.69, 9.17) is 19.9 Å². The Kier molecular flexibility index (Phi) is 6.62. The van der Waals surface area contributed by atoms with Crippen LogP contribution in [0.5, 0.6) is 0 Å². The molecule has 0 bridgehead atoms. The third-order valence-corrected chi connectivity index (χ3v) is 6.56. The van der Waals surface area contributed by atoms with Crippen LogP contribution in [0.1, 0.15) is 18.3 Å². The van der Waals surface area contributed by atoms with Crippen LogP contribution in [0.15, 0.2) is 121 Å². The van der Waals surface area contributed by atoms with E-state index in [9.17, 15) is 0 Å². The lowest BCUT2D eigenvalue weighted by molar-refractivity contribution is 1.01. The van der Waals surface area contributed by atoms with Gasteiger partial charge in [0, 0.05) is 33.6 Å². The van der Waals surface area contributed by atoms with Crippen molar-refractivity contribution in [2.24, 2.45) is 0 Å². The van der Waals surface area contributed by atoms with E-state index in [1.165, 1.54) is 0 Å². The molecule has 0 radical (unpaired) electrons. The van der Waals surface area contributed by atoms with Crippen molar-refractivity contribution >= 4 is 6.08 Å². The summed E-state index contributed by atoms with van der Waals surface area (Å²) in [5, 5.41) is 0. The van der Waals surface area contributed by atoms with E-state index in [0.29, 0.717) is 17.5 Å². The number of rotatable bonds is 6. The molecule has 188 valence electrons. The molecule has 39 heavy (non-hydrogen) atoms. The van der Waals surface area contributed by atoms with Crippen LogP contribution < -0.4 is 0 Å². The molecule has 6 aromatic rings. The second-order valence-electron chi connectivity index (χ2n) is 9.20. The summed E-state index contributed by atoms with van der Waals surface area (Å²) in [4.78, 5) is 19.7. The zero-order valence-corrected chi connectivity index (χ0v) is 21.9. The molecule has 2 heterocycles. The summed E-state index contributed by atoms with van der Waals surface area (Å²) in [5.74, 6) is 2.77. The number of hydrogen-bond acceptors (Lipinski definition) is 4. The van der Waals surface area contributed by atoms with Crippen molar-refractivity contribution in [3.05, 3.63) is 133 Å². The van der Waals surface area contributed by atoms with E-state index < -0.39 is 0 Å². The maximum Gasteiger partial charge on any atom is 0.164 e. The smallest absolute Gasteiger partial charge is 0.164 e. The first kappa shape index (κ1) is 24.2. The summed E-state index contributed by atoms with van der Waals surface area (Å²) >= 11 is 0. The highest BCUT2D eigenvalue weighted by molar-refractivity contribution is 5.72. The van der Waals surface area contributed by atoms with Crippen LogP contribution in [0.3, 0.4) is 0 Å². The molecule has 5 heteroatoms. The van der Waals surface area contributed by atoms with Crippen LogP contribution in [-0.4, -0.2) is 24.5 Å². The van der Waals surface area contributed by atoms with Crippen molar-refractivity contribution in [1.82, 2.24) is 24.5 Å². The lowest BCUT2D eigenvalue weighted by atomic mass is 10.1. The van der Waals surface area contributed by atoms with Gasteiger partial charge in [-0.3, -0.25) is 4.57 Å². The first-order valence-electron chi connectivity index (χ1n) is 13.0. The van der Waals surface area contributed by atoms with E-state index >= 15 is 0 Å². The summed E-state index contributed by atoms with van der Waals surface area (Å²) in [5.41, 5.74) is 6.87. The molecule has 0 N–H and O–H groups in total. The molecule has 2 aromatic heterocycles. The van der Waals surface area contributed by atoms with Gasteiger partial charge in [0.05, 0.1) is 5.69 Å². The molecular formula is C34H27N5. The largest absolute Gasteiger partial charge is 0.296 e. The number of benzene rings is 4. The first-order valence-corrected chi connectivity index (χ1v) is 13.0. The fraction of sp³-hybridized carbons (Fsp3) is 0.0588.